The second kappa shape index (κ2) is 9.77. The molecule has 1 heterocycles. The molecule has 1 amide bonds. The molecule has 33 heavy (non-hydrogen) atoms. The summed E-state index contributed by atoms with van der Waals surface area (Å²) in [6.07, 6.45) is 3.58. The van der Waals surface area contributed by atoms with E-state index in [1.807, 2.05) is 72.8 Å². The zero-order valence-electron chi connectivity index (χ0n) is 18.7. The molecule has 0 saturated heterocycles. The third kappa shape index (κ3) is 5.81. The molecule has 4 rings (SSSR count). The molecule has 1 aromatic heterocycles. The summed E-state index contributed by atoms with van der Waals surface area (Å²) in [4.78, 5) is 22.7. The summed E-state index contributed by atoms with van der Waals surface area (Å²) in [5.41, 5.74) is 4.48. The number of nitrogens with one attached hydrogen (secondary N) is 1. The average Bonchev–Trinajstić information content (AvgIpc) is 2.81. The first-order valence-corrected chi connectivity index (χ1v) is 11.8. The van der Waals surface area contributed by atoms with Gasteiger partial charge in [0.05, 0.1) is 5.69 Å². The van der Waals surface area contributed by atoms with E-state index in [0.29, 0.717) is 15.7 Å². The van der Waals surface area contributed by atoms with Crippen LogP contribution in [0.3, 0.4) is 0 Å². The van der Waals surface area contributed by atoms with Crippen molar-refractivity contribution in [2.45, 2.75) is 36.2 Å². The van der Waals surface area contributed by atoms with E-state index in [2.05, 4.69) is 36.1 Å². The first-order chi connectivity index (χ1) is 15.8. The van der Waals surface area contributed by atoms with Gasteiger partial charge in [0, 0.05) is 33.4 Å². The van der Waals surface area contributed by atoms with Crippen LogP contribution in [0.25, 0.3) is 11.1 Å². The Hall–Kier alpha value is -3.15. The highest BCUT2D eigenvalue weighted by molar-refractivity contribution is 7.99. The fourth-order valence-corrected chi connectivity index (χ4v) is 4.14. The summed E-state index contributed by atoms with van der Waals surface area (Å²) < 4.78 is 0. The van der Waals surface area contributed by atoms with Gasteiger partial charge in [0.15, 0.2) is 5.16 Å². The molecule has 0 aliphatic heterocycles. The summed E-state index contributed by atoms with van der Waals surface area (Å²) in [5.74, 6) is -0.150. The van der Waals surface area contributed by atoms with E-state index in [1.54, 1.807) is 12.4 Å². The normalized spacial score (nSPS) is 11.3. The fraction of sp³-hybridized carbons (Fsp3) is 0.148. The van der Waals surface area contributed by atoms with Gasteiger partial charge < -0.3 is 5.32 Å². The highest BCUT2D eigenvalue weighted by Gasteiger charge is 2.15. The van der Waals surface area contributed by atoms with Crippen molar-refractivity contribution < 1.29 is 4.79 Å². The molecule has 0 saturated carbocycles. The summed E-state index contributed by atoms with van der Waals surface area (Å²) >= 11 is 7.37. The number of carbonyl (C=O) groups is 1. The van der Waals surface area contributed by atoms with Gasteiger partial charge in [-0.05, 0) is 64.7 Å². The van der Waals surface area contributed by atoms with Crippen molar-refractivity contribution in [3.8, 4) is 11.1 Å². The number of halogens is 1. The van der Waals surface area contributed by atoms with Crippen LogP contribution in [0.1, 0.15) is 36.7 Å². The van der Waals surface area contributed by atoms with Gasteiger partial charge in [-0.2, -0.15) is 0 Å². The summed E-state index contributed by atoms with van der Waals surface area (Å²) in [5, 5.41) is 4.31. The molecule has 1 N–H and O–H groups in total. The maximum Gasteiger partial charge on any atom is 0.255 e. The van der Waals surface area contributed by atoms with Gasteiger partial charge in [-0.1, -0.05) is 68.8 Å². The number of para-hydroxylation sites is 1. The van der Waals surface area contributed by atoms with Crippen LogP contribution in [0.5, 0.6) is 0 Å². The van der Waals surface area contributed by atoms with Crippen molar-refractivity contribution in [2.75, 3.05) is 5.32 Å². The number of hydrogen-bond donors (Lipinski definition) is 1. The van der Waals surface area contributed by atoms with E-state index in [1.165, 1.54) is 17.3 Å². The number of amides is 1. The standard InChI is InChI=1S/C27H24ClN3OS/c1-27(2,3)21-12-8-19(9-13-21)25(32)31-23-6-4-5-7-24(23)33-26-29-16-20(17-30-26)18-10-14-22(28)15-11-18/h4-17H,1-3H3,(H,31,32). The molecule has 3 aromatic carbocycles. The second-order valence-electron chi connectivity index (χ2n) is 8.64. The third-order valence-electron chi connectivity index (χ3n) is 5.16. The third-order valence-corrected chi connectivity index (χ3v) is 6.38. The maximum absolute atomic E-state index is 12.8. The quantitative estimate of drug-likeness (QED) is 0.305. The van der Waals surface area contributed by atoms with E-state index in [4.69, 9.17) is 11.6 Å². The van der Waals surface area contributed by atoms with Gasteiger partial charge >= 0.3 is 0 Å². The Labute approximate surface area is 203 Å². The number of benzene rings is 3. The minimum atomic E-state index is -0.150. The van der Waals surface area contributed by atoms with E-state index in [-0.39, 0.29) is 11.3 Å². The average molecular weight is 474 g/mol. The smallest absolute Gasteiger partial charge is 0.255 e. The molecule has 0 aliphatic carbocycles. The number of aromatic nitrogens is 2. The van der Waals surface area contributed by atoms with Crippen LogP contribution < -0.4 is 5.32 Å². The number of carbonyl (C=O) groups excluding carboxylic acids is 1. The van der Waals surface area contributed by atoms with Gasteiger partial charge in [0.1, 0.15) is 0 Å². The molecule has 166 valence electrons. The Morgan fingerprint density at radius 3 is 2.12 bits per heavy atom. The first kappa shape index (κ1) is 23.0. The van der Waals surface area contributed by atoms with Crippen LogP contribution in [0, 0.1) is 0 Å². The molecule has 0 spiro atoms. The van der Waals surface area contributed by atoms with Crippen LogP contribution in [-0.2, 0) is 5.41 Å². The van der Waals surface area contributed by atoms with Crippen molar-refractivity contribution in [3.05, 3.63) is 101 Å². The zero-order valence-corrected chi connectivity index (χ0v) is 20.2. The Kier molecular flexibility index (Phi) is 6.82. The van der Waals surface area contributed by atoms with E-state index in [9.17, 15) is 4.79 Å². The highest BCUT2D eigenvalue weighted by atomic mass is 35.5. The topological polar surface area (TPSA) is 54.9 Å². The Bertz CT molecular complexity index is 1250. The number of rotatable bonds is 5. The fourth-order valence-electron chi connectivity index (χ4n) is 3.23. The Morgan fingerprint density at radius 2 is 1.48 bits per heavy atom. The lowest BCUT2D eigenvalue weighted by Crippen LogP contribution is -2.14. The van der Waals surface area contributed by atoms with Crippen molar-refractivity contribution >= 4 is 35.0 Å². The Morgan fingerprint density at radius 1 is 0.848 bits per heavy atom. The largest absolute Gasteiger partial charge is 0.321 e. The maximum atomic E-state index is 12.8. The summed E-state index contributed by atoms with van der Waals surface area (Å²) in [7, 11) is 0. The minimum Gasteiger partial charge on any atom is -0.321 e. The van der Waals surface area contributed by atoms with Crippen molar-refractivity contribution in [3.63, 3.8) is 0 Å². The summed E-state index contributed by atoms with van der Waals surface area (Å²) in [6, 6.07) is 23.0. The lowest BCUT2D eigenvalue weighted by molar-refractivity contribution is 0.102. The minimum absolute atomic E-state index is 0.0430. The van der Waals surface area contributed by atoms with E-state index < -0.39 is 0 Å². The Balaban J connectivity index is 1.48. The molecule has 0 unspecified atom stereocenters. The number of anilines is 1. The molecule has 0 atom stereocenters. The van der Waals surface area contributed by atoms with Crippen molar-refractivity contribution in [2.24, 2.45) is 0 Å². The van der Waals surface area contributed by atoms with Gasteiger partial charge in [-0.15, -0.1) is 0 Å². The lowest BCUT2D eigenvalue weighted by Gasteiger charge is -2.19. The van der Waals surface area contributed by atoms with Crippen LogP contribution in [0.2, 0.25) is 5.02 Å². The first-order valence-electron chi connectivity index (χ1n) is 10.6. The molecule has 0 bridgehead atoms. The molecule has 0 radical (unpaired) electrons. The molecule has 0 fully saturated rings. The molecule has 6 heteroatoms. The van der Waals surface area contributed by atoms with Crippen LogP contribution in [0.4, 0.5) is 5.69 Å². The molecule has 4 aromatic rings. The summed E-state index contributed by atoms with van der Waals surface area (Å²) in [6.45, 7) is 6.46. The molecule has 4 nitrogen and oxygen atoms in total. The predicted octanol–water partition coefficient (Wildman–Crippen LogP) is 7.50. The highest BCUT2D eigenvalue weighted by Crippen LogP contribution is 2.32. The van der Waals surface area contributed by atoms with Gasteiger partial charge in [0.25, 0.3) is 5.91 Å². The van der Waals surface area contributed by atoms with Crippen molar-refractivity contribution in [1.29, 1.82) is 0 Å². The van der Waals surface area contributed by atoms with Crippen LogP contribution in [0.15, 0.2) is 95.2 Å². The van der Waals surface area contributed by atoms with Crippen molar-refractivity contribution in [1.82, 2.24) is 9.97 Å². The predicted molar refractivity (Wildman–Crippen MR) is 136 cm³/mol. The monoisotopic (exact) mass is 473 g/mol. The van der Waals surface area contributed by atoms with Gasteiger partial charge in [-0.3, -0.25) is 4.79 Å². The SMILES string of the molecule is CC(C)(C)c1ccc(C(=O)Nc2ccccc2Sc2ncc(-c3ccc(Cl)cc3)cn2)cc1. The lowest BCUT2D eigenvalue weighted by atomic mass is 9.87. The second-order valence-corrected chi connectivity index (χ2v) is 10.1. The van der Waals surface area contributed by atoms with E-state index in [0.717, 1.165) is 21.7 Å². The molecular formula is C27H24ClN3OS. The van der Waals surface area contributed by atoms with Crippen LogP contribution in [-0.4, -0.2) is 15.9 Å². The van der Waals surface area contributed by atoms with Gasteiger partial charge in [-0.25, -0.2) is 9.97 Å². The zero-order chi connectivity index (χ0) is 23.4. The van der Waals surface area contributed by atoms with Gasteiger partial charge in [0.2, 0.25) is 0 Å². The molecule has 0 aliphatic rings. The van der Waals surface area contributed by atoms with E-state index >= 15 is 0 Å². The molecular weight excluding hydrogens is 450 g/mol. The number of nitrogens with zero attached hydrogens (tertiary/aromatic N) is 2. The van der Waals surface area contributed by atoms with Crippen LogP contribution >= 0.6 is 23.4 Å². The number of hydrogen-bond acceptors (Lipinski definition) is 4.